The molecule has 144 valence electrons. The fraction of sp³-hybridized carbons (Fsp3) is 0.389. The van der Waals surface area contributed by atoms with Crippen LogP contribution in [-0.4, -0.2) is 48.8 Å². The highest BCUT2D eigenvalue weighted by Crippen LogP contribution is 2.13. The van der Waals surface area contributed by atoms with Crippen LogP contribution in [0.3, 0.4) is 0 Å². The molecular formula is C18H23N5O3S. The van der Waals surface area contributed by atoms with Gasteiger partial charge < -0.3 is 10.2 Å². The lowest BCUT2D eigenvalue weighted by Gasteiger charge is -2.26. The van der Waals surface area contributed by atoms with Gasteiger partial charge in [-0.2, -0.15) is 0 Å². The van der Waals surface area contributed by atoms with E-state index in [1.165, 1.54) is 18.6 Å². The fourth-order valence-electron chi connectivity index (χ4n) is 2.99. The maximum absolute atomic E-state index is 12.5. The van der Waals surface area contributed by atoms with Gasteiger partial charge in [0, 0.05) is 25.8 Å². The Hall–Kier alpha value is -2.52. The Morgan fingerprint density at radius 1 is 1.11 bits per heavy atom. The van der Waals surface area contributed by atoms with Gasteiger partial charge in [0.15, 0.2) is 0 Å². The van der Waals surface area contributed by atoms with Gasteiger partial charge in [-0.15, -0.1) is 0 Å². The molecule has 0 saturated carbocycles. The summed E-state index contributed by atoms with van der Waals surface area (Å²) in [7, 11) is -3.68. The topological polar surface area (TPSA) is 118 Å². The van der Waals surface area contributed by atoms with E-state index in [0.29, 0.717) is 24.6 Å². The molecule has 0 bridgehead atoms. The van der Waals surface area contributed by atoms with Crippen molar-refractivity contribution >= 4 is 21.9 Å². The van der Waals surface area contributed by atoms with Crippen molar-refractivity contribution in [1.29, 1.82) is 0 Å². The van der Waals surface area contributed by atoms with Gasteiger partial charge in [-0.3, -0.25) is 4.79 Å². The minimum Gasteiger partial charge on any atom is -0.354 e. The fourth-order valence-corrected chi connectivity index (χ4v) is 3.50. The van der Waals surface area contributed by atoms with Crippen molar-refractivity contribution in [3.05, 3.63) is 47.8 Å². The maximum Gasteiger partial charge on any atom is 0.272 e. The van der Waals surface area contributed by atoms with E-state index in [0.717, 1.165) is 31.5 Å². The number of piperidine rings is 1. The van der Waals surface area contributed by atoms with Crippen LogP contribution in [0.2, 0.25) is 0 Å². The number of nitrogens with two attached hydrogens (primary N) is 1. The number of hydrogen-bond donors (Lipinski definition) is 2. The number of aromatic nitrogens is 2. The van der Waals surface area contributed by atoms with Crippen molar-refractivity contribution < 1.29 is 13.2 Å². The van der Waals surface area contributed by atoms with Crippen LogP contribution in [0.4, 0.5) is 5.95 Å². The molecule has 8 nitrogen and oxygen atoms in total. The number of rotatable bonds is 6. The summed E-state index contributed by atoms with van der Waals surface area (Å²) >= 11 is 0. The highest BCUT2D eigenvalue weighted by molar-refractivity contribution is 7.89. The summed E-state index contributed by atoms with van der Waals surface area (Å²) in [6, 6.07) is 8.05. The number of nitrogens with one attached hydrogen (secondary N) is 1. The minimum atomic E-state index is -3.68. The number of sulfonamides is 1. The van der Waals surface area contributed by atoms with Crippen LogP contribution >= 0.6 is 0 Å². The molecule has 0 radical (unpaired) electrons. The summed E-state index contributed by atoms with van der Waals surface area (Å²) < 4.78 is 22.5. The highest BCUT2D eigenvalue weighted by Gasteiger charge is 2.19. The number of carbonyl (C=O) groups excluding carboxylic acids is 1. The Kier molecular flexibility index (Phi) is 6.02. The highest BCUT2D eigenvalue weighted by atomic mass is 32.2. The van der Waals surface area contributed by atoms with Crippen molar-refractivity contribution in [1.82, 2.24) is 14.9 Å². The number of benzene rings is 1. The molecule has 0 unspecified atom stereocenters. The lowest BCUT2D eigenvalue weighted by molar-refractivity contribution is 0.0718. The van der Waals surface area contributed by atoms with E-state index in [9.17, 15) is 13.2 Å². The van der Waals surface area contributed by atoms with Gasteiger partial charge in [0.2, 0.25) is 16.0 Å². The molecule has 0 spiro atoms. The number of hydrogen-bond acceptors (Lipinski definition) is 6. The minimum absolute atomic E-state index is 0.0567. The molecule has 1 fully saturated rings. The second kappa shape index (κ2) is 8.45. The van der Waals surface area contributed by atoms with Crippen LogP contribution in [-0.2, 0) is 16.4 Å². The number of carbonyl (C=O) groups is 1. The number of primary sulfonamides is 1. The smallest absolute Gasteiger partial charge is 0.272 e. The first-order chi connectivity index (χ1) is 12.9. The summed E-state index contributed by atoms with van der Waals surface area (Å²) in [6.45, 7) is 2.11. The first-order valence-corrected chi connectivity index (χ1v) is 10.5. The van der Waals surface area contributed by atoms with E-state index in [4.69, 9.17) is 5.14 Å². The zero-order valence-electron chi connectivity index (χ0n) is 15.0. The van der Waals surface area contributed by atoms with E-state index in [1.807, 2.05) is 4.90 Å². The van der Waals surface area contributed by atoms with Crippen molar-refractivity contribution in [3.63, 3.8) is 0 Å². The van der Waals surface area contributed by atoms with E-state index < -0.39 is 10.0 Å². The van der Waals surface area contributed by atoms with Crippen LogP contribution in [0.25, 0.3) is 0 Å². The van der Waals surface area contributed by atoms with Gasteiger partial charge in [-0.1, -0.05) is 12.1 Å². The van der Waals surface area contributed by atoms with Crippen molar-refractivity contribution in [3.8, 4) is 0 Å². The molecule has 1 aliphatic heterocycles. The Bertz CT molecular complexity index is 893. The predicted molar refractivity (Wildman–Crippen MR) is 102 cm³/mol. The Morgan fingerprint density at radius 2 is 1.81 bits per heavy atom. The van der Waals surface area contributed by atoms with E-state index in [-0.39, 0.29) is 10.8 Å². The monoisotopic (exact) mass is 389 g/mol. The largest absolute Gasteiger partial charge is 0.354 e. The average Bonchev–Trinajstić information content (AvgIpc) is 2.68. The number of likely N-dealkylation sites (tertiary alicyclic amines) is 1. The van der Waals surface area contributed by atoms with Crippen molar-refractivity contribution in [2.24, 2.45) is 5.14 Å². The predicted octanol–water partition coefficient (Wildman–Crippen LogP) is 1.40. The average molecular weight is 389 g/mol. The molecule has 0 aliphatic carbocycles. The molecule has 3 N–H and O–H groups in total. The number of anilines is 1. The van der Waals surface area contributed by atoms with Gasteiger partial charge in [0.1, 0.15) is 5.69 Å². The molecule has 1 amide bonds. The van der Waals surface area contributed by atoms with E-state index in [1.54, 1.807) is 24.4 Å². The molecule has 9 heteroatoms. The van der Waals surface area contributed by atoms with Gasteiger partial charge in [0.25, 0.3) is 5.91 Å². The van der Waals surface area contributed by atoms with Gasteiger partial charge >= 0.3 is 0 Å². The molecule has 1 saturated heterocycles. The third-order valence-electron chi connectivity index (χ3n) is 4.47. The Labute approximate surface area is 158 Å². The van der Waals surface area contributed by atoms with Crippen LogP contribution in [0, 0.1) is 0 Å². The van der Waals surface area contributed by atoms with Crippen LogP contribution in [0.1, 0.15) is 35.3 Å². The molecule has 2 aromatic rings. The summed E-state index contributed by atoms with van der Waals surface area (Å²) in [4.78, 5) is 22.9. The zero-order valence-corrected chi connectivity index (χ0v) is 15.8. The van der Waals surface area contributed by atoms with Gasteiger partial charge in [-0.25, -0.2) is 23.5 Å². The third kappa shape index (κ3) is 5.24. The van der Waals surface area contributed by atoms with Crippen LogP contribution in [0.5, 0.6) is 0 Å². The Morgan fingerprint density at radius 3 is 2.48 bits per heavy atom. The number of nitrogens with zero attached hydrogens (tertiary/aromatic N) is 3. The summed E-state index contributed by atoms with van der Waals surface area (Å²) in [5, 5.41) is 8.19. The Balaban J connectivity index is 1.56. The van der Waals surface area contributed by atoms with Gasteiger partial charge in [0.05, 0.1) is 4.90 Å². The number of amides is 1. The first kappa shape index (κ1) is 19.2. The summed E-state index contributed by atoms with van der Waals surface area (Å²) in [5.41, 5.74) is 1.35. The molecule has 1 aromatic carbocycles. The molecule has 0 atom stereocenters. The normalized spacial score (nSPS) is 14.8. The van der Waals surface area contributed by atoms with Crippen LogP contribution in [0.15, 0.2) is 41.4 Å². The third-order valence-corrected chi connectivity index (χ3v) is 5.40. The SMILES string of the molecule is NS(=O)(=O)c1ccc(CCNc2nccc(C(=O)N3CCCCC3)n2)cc1. The maximum atomic E-state index is 12.5. The van der Waals surface area contributed by atoms with Crippen molar-refractivity contribution in [2.45, 2.75) is 30.6 Å². The van der Waals surface area contributed by atoms with Gasteiger partial charge in [-0.05, 0) is 49.4 Å². The molecule has 3 rings (SSSR count). The lowest BCUT2D eigenvalue weighted by Crippen LogP contribution is -2.36. The zero-order chi connectivity index (χ0) is 19.3. The quantitative estimate of drug-likeness (QED) is 0.771. The second-order valence-corrected chi connectivity index (χ2v) is 8.05. The molecular weight excluding hydrogens is 366 g/mol. The molecule has 1 aliphatic rings. The standard InChI is InChI=1S/C18H23N5O3S/c19-27(25,26)15-6-4-14(5-7-15)8-10-20-18-21-11-9-16(22-18)17(24)23-12-2-1-3-13-23/h4-7,9,11H,1-3,8,10,12-13H2,(H2,19,25,26)(H,20,21,22). The second-order valence-electron chi connectivity index (χ2n) is 6.48. The summed E-state index contributed by atoms with van der Waals surface area (Å²) in [5.74, 6) is 0.345. The molecule has 2 heterocycles. The molecule has 1 aromatic heterocycles. The summed E-state index contributed by atoms with van der Waals surface area (Å²) in [6.07, 6.45) is 5.46. The van der Waals surface area contributed by atoms with Crippen molar-refractivity contribution in [2.75, 3.05) is 25.0 Å². The van der Waals surface area contributed by atoms with Crippen LogP contribution < -0.4 is 10.5 Å². The lowest BCUT2D eigenvalue weighted by atomic mass is 10.1. The first-order valence-electron chi connectivity index (χ1n) is 8.91. The van der Waals surface area contributed by atoms with E-state index >= 15 is 0 Å². The van der Waals surface area contributed by atoms with E-state index in [2.05, 4.69) is 15.3 Å². The molecule has 27 heavy (non-hydrogen) atoms.